The van der Waals surface area contributed by atoms with Gasteiger partial charge in [-0.05, 0) is 32.0 Å². The van der Waals surface area contributed by atoms with Gasteiger partial charge >= 0.3 is 0 Å². The summed E-state index contributed by atoms with van der Waals surface area (Å²) >= 11 is 0. The number of aromatic nitrogens is 2. The first-order valence-corrected chi connectivity index (χ1v) is 5.55. The monoisotopic (exact) mass is 242 g/mol. The highest BCUT2D eigenvalue weighted by atomic mass is 16.1. The van der Waals surface area contributed by atoms with Gasteiger partial charge in [0.15, 0.2) is 0 Å². The zero-order valence-electron chi connectivity index (χ0n) is 10.3. The molecule has 0 fully saturated rings. The van der Waals surface area contributed by atoms with E-state index in [4.69, 9.17) is 5.73 Å². The van der Waals surface area contributed by atoms with Gasteiger partial charge in [-0.2, -0.15) is 10.1 Å². The van der Waals surface area contributed by atoms with Crippen molar-refractivity contribution in [3.8, 4) is 0 Å². The first-order chi connectivity index (χ1) is 8.58. The molecule has 2 rings (SSSR count). The van der Waals surface area contributed by atoms with Crippen molar-refractivity contribution < 1.29 is 4.79 Å². The number of hydrogen-bond acceptors (Lipinski definition) is 2. The fourth-order valence-electron chi connectivity index (χ4n) is 1.66. The zero-order chi connectivity index (χ0) is 13.1. The Bertz CT molecular complexity index is 599. The van der Waals surface area contributed by atoms with Gasteiger partial charge in [0.05, 0.1) is 5.69 Å². The van der Waals surface area contributed by atoms with E-state index in [9.17, 15) is 4.79 Å². The maximum Gasteiger partial charge on any atom is 0.280 e. The molecule has 1 heterocycles. The van der Waals surface area contributed by atoms with Gasteiger partial charge in [0.2, 0.25) is 5.96 Å². The number of carbonyl (C=O) groups is 1. The van der Waals surface area contributed by atoms with Gasteiger partial charge < -0.3 is 5.73 Å². The zero-order valence-corrected chi connectivity index (χ0v) is 10.3. The smallest absolute Gasteiger partial charge is 0.280 e. The lowest BCUT2D eigenvalue weighted by Gasteiger charge is -2.02. The first kappa shape index (κ1) is 12.0. The average molecular weight is 242 g/mol. The second-order valence-corrected chi connectivity index (χ2v) is 3.98. The predicted molar refractivity (Wildman–Crippen MR) is 69.5 cm³/mol. The summed E-state index contributed by atoms with van der Waals surface area (Å²) in [5.74, 6) is -0.296. The van der Waals surface area contributed by atoms with Crippen LogP contribution in [0.15, 0.2) is 41.4 Å². The average Bonchev–Trinajstić information content (AvgIpc) is 2.69. The van der Waals surface area contributed by atoms with Gasteiger partial charge in [0, 0.05) is 11.3 Å². The van der Waals surface area contributed by atoms with Crippen LogP contribution in [0, 0.1) is 13.8 Å². The highest BCUT2D eigenvalue weighted by Crippen LogP contribution is 2.03. The number of nitrogens with two attached hydrogens (primary N) is 1. The summed E-state index contributed by atoms with van der Waals surface area (Å²) in [6.07, 6.45) is 0. The van der Waals surface area contributed by atoms with E-state index >= 15 is 0 Å². The summed E-state index contributed by atoms with van der Waals surface area (Å²) in [6.45, 7) is 3.71. The highest BCUT2D eigenvalue weighted by molar-refractivity contribution is 6.02. The van der Waals surface area contributed by atoms with Crippen LogP contribution in [-0.4, -0.2) is 21.6 Å². The lowest BCUT2D eigenvalue weighted by molar-refractivity contribution is 0.100. The van der Waals surface area contributed by atoms with Gasteiger partial charge in [-0.3, -0.25) is 4.79 Å². The molecule has 0 radical (unpaired) electrons. The Balaban J connectivity index is 2.29. The third-order valence-corrected chi connectivity index (χ3v) is 2.46. The maximum atomic E-state index is 11.8. The lowest BCUT2D eigenvalue weighted by atomic mass is 10.2. The normalized spacial score (nSPS) is 11.6. The molecule has 5 nitrogen and oxygen atoms in total. The molecular weight excluding hydrogens is 228 g/mol. The van der Waals surface area contributed by atoms with Gasteiger partial charge in [0.25, 0.3) is 5.91 Å². The number of aryl methyl sites for hydroxylation is 2. The number of nitrogens with zero attached hydrogens (tertiary/aromatic N) is 3. The molecule has 2 aromatic rings. The number of hydrogen-bond donors (Lipinski definition) is 1. The third-order valence-electron chi connectivity index (χ3n) is 2.46. The van der Waals surface area contributed by atoms with Crippen molar-refractivity contribution in [1.82, 2.24) is 9.78 Å². The van der Waals surface area contributed by atoms with Crippen LogP contribution in [-0.2, 0) is 0 Å². The number of amides is 1. The number of carbonyl (C=O) groups excluding carboxylic acids is 1. The van der Waals surface area contributed by atoms with Gasteiger partial charge in [-0.1, -0.05) is 18.2 Å². The Labute approximate surface area is 105 Å². The Morgan fingerprint density at radius 1 is 1.28 bits per heavy atom. The molecule has 0 aliphatic rings. The van der Waals surface area contributed by atoms with Crippen LogP contribution in [0.25, 0.3) is 0 Å². The molecular formula is C13H14N4O. The van der Waals surface area contributed by atoms with Gasteiger partial charge in [-0.15, -0.1) is 0 Å². The Morgan fingerprint density at radius 2 is 1.94 bits per heavy atom. The fourth-order valence-corrected chi connectivity index (χ4v) is 1.66. The van der Waals surface area contributed by atoms with Crippen molar-refractivity contribution in [2.75, 3.05) is 0 Å². The molecule has 0 saturated carbocycles. The minimum Gasteiger partial charge on any atom is -0.368 e. The molecule has 0 aliphatic carbocycles. The maximum absolute atomic E-state index is 11.8. The standard InChI is InChI=1S/C13H14N4O/c1-9-8-10(2)17(16-9)13(14)15-12(18)11-6-4-3-5-7-11/h3-8H,1-2H3,(H2,14,15,18). The summed E-state index contributed by atoms with van der Waals surface area (Å²) in [7, 11) is 0. The fraction of sp³-hybridized carbons (Fsp3) is 0.154. The summed E-state index contributed by atoms with van der Waals surface area (Å²) in [5, 5.41) is 4.17. The molecule has 1 aromatic carbocycles. The lowest BCUT2D eigenvalue weighted by Crippen LogP contribution is -2.26. The van der Waals surface area contributed by atoms with E-state index < -0.39 is 0 Å². The van der Waals surface area contributed by atoms with Crippen molar-refractivity contribution in [3.05, 3.63) is 53.3 Å². The molecule has 1 aromatic heterocycles. The van der Waals surface area contributed by atoms with Crippen LogP contribution in [0.1, 0.15) is 21.7 Å². The Hall–Kier alpha value is -2.43. The molecule has 0 unspecified atom stereocenters. The van der Waals surface area contributed by atoms with Crippen molar-refractivity contribution in [2.24, 2.45) is 10.7 Å². The van der Waals surface area contributed by atoms with Crippen LogP contribution in [0.2, 0.25) is 0 Å². The number of aliphatic imine (C=N–C) groups is 1. The van der Waals surface area contributed by atoms with E-state index in [0.29, 0.717) is 5.56 Å². The minimum atomic E-state index is -0.374. The summed E-state index contributed by atoms with van der Waals surface area (Å²) in [4.78, 5) is 15.7. The quantitative estimate of drug-likeness (QED) is 0.608. The van der Waals surface area contributed by atoms with E-state index in [1.807, 2.05) is 26.0 Å². The van der Waals surface area contributed by atoms with Crippen molar-refractivity contribution >= 4 is 11.9 Å². The van der Waals surface area contributed by atoms with E-state index in [2.05, 4.69) is 10.1 Å². The molecule has 92 valence electrons. The van der Waals surface area contributed by atoms with Crippen LogP contribution < -0.4 is 5.73 Å². The van der Waals surface area contributed by atoms with Crippen molar-refractivity contribution in [2.45, 2.75) is 13.8 Å². The third kappa shape index (κ3) is 2.45. The second kappa shape index (κ2) is 4.83. The molecule has 1 amide bonds. The van der Waals surface area contributed by atoms with Gasteiger partial charge in [-0.25, -0.2) is 4.68 Å². The largest absolute Gasteiger partial charge is 0.368 e. The Morgan fingerprint density at radius 3 is 2.50 bits per heavy atom. The highest BCUT2D eigenvalue weighted by Gasteiger charge is 2.08. The van der Waals surface area contributed by atoms with Crippen molar-refractivity contribution in [3.63, 3.8) is 0 Å². The van der Waals surface area contributed by atoms with E-state index in [1.165, 1.54) is 4.68 Å². The second-order valence-electron chi connectivity index (χ2n) is 3.98. The molecule has 2 N–H and O–H groups in total. The SMILES string of the molecule is Cc1cc(C)n(/C(N)=N/C(=O)c2ccccc2)n1. The molecule has 18 heavy (non-hydrogen) atoms. The van der Waals surface area contributed by atoms with Crippen LogP contribution in [0.4, 0.5) is 0 Å². The molecule has 0 spiro atoms. The van der Waals surface area contributed by atoms with Gasteiger partial charge in [0.1, 0.15) is 0 Å². The summed E-state index contributed by atoms with van der Waals surface area (Å²) in [5.41, 5.74) is 7.95. The van der Waals surface area contributed by atoms with E-state index in [1.54, 1.807) is 24.3 Å². The molecule has 0 atom stereocenters. The Kier molecular flexibility index (Phi) is 3.23. The molecule has 5 heteroatoms. The van der Waals surface area contributed by atoms with Crippen molar-refractivity contribution in [1.29, 1.82) is 0 Å². The first-order valence-electron chi connectivity index (χ1n) is 5.55. The predicted octanol–water partition coefficient (Wildman–Crippen LogP) is 1.50. The molecule has 0 saturated heterocycles. The minimum absolute atomic E-state index is 0.0782. The topological polar surface area (TPSA) is 73.3 Å². The molecule has 0 bridgehead atoms. The van der Waals surface area contributed by atoms with Crippen LogP contribution >= 0.6 is 0 Å². The number of rotatable bonds is 1. The van der Waals surface area contributed by atoms with Crippen LogP contribution in [0.3, 0.4) is 0 Å². The van der Waals surface area contributed by atoms with E-state index in [-0.39, 0.29) is 11.9 Å². The summed E-state index contributed by atoms with van der Waals surface area (Å²) < 4.78 is 1.45. The van der Waals surface area contributed by atoms with E-state index in [0.717, 1.165) is 11.4 Å². The number of benzene rings is 1. The van der Waals surface area contributed by atoms with Crippen LogP contribution in [0.5, 0.6) is 0 Å². The molecule has 0 aliphatic heterocycles. The summed E-state index contributed by atoms with van der Waals surface area (Å²) in [6, 6.07) is 10.7.